The minimum absolute atomic E-state index is 0.190. The Morgan fingerprint density at radius 2 is 2.07 bits per heavy atom. The molecule has 2 aliphatic heterocycles. The van der Waals surface area contributed by atoms with Crippen molar-refractivity contribution >= 4 is 35.0 Å². The maximum atomic E-state index is 13.1. The quantitative estimate of drug-likeness (QED) is 0.280. The number of rotatable bonds is 4. The Morgan fingerprint density at radius 3 is 2.80 bits per heavy atom. The summed E-state index contributed by atoms with van der Waals surface area (Å²) < 4.78 is 5.55. The predicted octanol–water partition coefficient (Wildman–Crippen LogP) is 6.07. The molecule has 1 atom stereocenters. The number of amides is 2. The molecule has 0 bridgehead atoms. The van der Waals surface area contributed by atoms with Crippen molar-refractivity contribution < 1.29 is 19.4 Å². The molecule has 10 heteroatoms. The van der Waals surface area contributed by atoms with Crippen LogP contribution in [0.2, 0.25) is 5.02 Å². The van der Waals surface area contributed by atoms with E-state index in [2.05, 4.69) is 32.4 Å². The molecule has 2 aromatic heterocycles. The second-order valence-corrected chi connectivity index (χ2v) is 11.8. The number of H-pyrrole nitrogens is 1. The van der Waals surface area contributed by atoms with Crippen LogP contribution in [0.4, 0.5) is 16.2 Å². The summed E-state index contributed by atoms with van der Waals surface area (Å²) in [5.74, 6) is 6.99. The molecular formula is C31H34ClN5O4. The lowest BCUT2D eigenvalue weighted by atomic mass is 9.68. The summed E-state index contributed by atoms with van der Waals surface area (Å²) in [4.78, 5) is 34.7. The zero-order valence-corrected chi connectivity index (χ0v) is 24.4. The molecule has 1 aromatic carbocycles. The molecule has 1 saturated heterocycles. The van der Waals surface area contributed by atoms with Gasteiger partial charge in [0.2, 0.25) is 0 Å². The van der Waals surface area contributed by atoms with Gasteiger partial charge in [0.05, 0.1) is 40.3 Å². The Kier molecular flexibility index (Phi) is 7.62. The van der Waals surface area contributed by atoms with Crippen molar-refractivity contribution in [2.45, 2.75) is 52.0 Å². The van der Waals surface area contributed by atoms with Gasteiger partial charge < -0.3 is 25.5 Å². The Hall–Kier alpha value is -4.16. The summed E-state index contributed by atoms with van der Waals surface area (Å²) in [7, 11) is 1.54. The lowest BCUT2D eigenvalue weighted by Gasteiger charge is -2.50. The SMILES string of the molecule is COc1c(Cl)cccc1Nc1c(-c2ccncc2C#CC2(C(C)(C)C)CCCCN2C(=O)O)[nH]c2c1C(=O)NCC2. The standard InChI is InChI=1S/C31H34ClN5O4/c1-30(2,3)31(13-5-6-17-37(31)29(39)40)14-10-19-18-33-15-11-20(19)25-26(24-22(35-25)12-16-34-28(24)38)36-23-9-7-8-21(32)27(23)41-4/h7-9,11,15,18,35-36H,5-6,12-13,16-17H2,1-4H3,(H,34,38)(H,39,40). The number of carbonyl (C=O) groups is 2. The van der Waals surface area contributed by atoms with Gasteiger partial charge in [0.15, 0.2) is 5.75 Å². The number of ether oxygens (including phenoxy) is 1. The van der Waals surface area contributed by atoms with Gasteiger partial charge >= 0.3 is 6.09 Å². The van der Waals surface area contributed by atoms with Crippen LogP contribution in [0.1, 0.15) is 61.6 Å². The third kappa shape index (κ3) is 5.08. The van der Waals surface area contributed by atoms with Crippen LogP contribution in [0.25, 0.3) is 11.3 Å². The van der Waals surface area contributed by atoms with Crippen LogP contribution in [-0.4, -0.2) is 57.7 Å². The summed E-state index contributed by atoms with van der Waals surface area (Å²) in [6.07, 6.45) is 5.36. The van der Waals surface area contributed by atoms with Crippen LogP contribution >= 0.6 is 11.6 Å². The first-order chi connectivity index (χ1) is 19.6. The van der Waals surface area contributed by atoms with E-state index in [0.717, 1.165) is 24.1 Å². The molecule has 2 amide bonds. The fourth-order valence-corrected chi connectivity index (χ4v) is 6.12. The molecule has 0 saturated carbocycles. The number of aromatic amines is 1. The van der Waals surface area contributed by atoms with E-state index in [4.69, 9.17) is 16.3 Å². The number of para-hydroxylation sites is 1. The normalized spacial score (nSPS) is 18.6. The number of hydrogen-bond donors (Lipinski definition) is 4. The number of benzene rings is 1. The summed E-state index contributed by atoms with van der Waals surface area (Å²) in [6, 6.07) is 7.22. The first kappa shape index (κ1) is 28.4. The number of aromatic nitrogens is 2. The van der Waals surface area contributed by atoms with Gasteiger partial charge in [-0.3, -0.25) is 14.7 Å². The van der Waals surface area contributed by atoms with E-state index in [0.29, 0.717) is 64.9 Å². The molecule has 4 N–H and O–H groups in total. The third-order valence-electron chi connectivity index (χ3n) is 7.99. The van der Waals surface area contributed by atoms with E-state index in [1.807, 2.05) is 32.9 Å². The van der Waals surface area contributed by atoms with Crippen LogP contribution < -0.4 is 15.4 Å². The fourth-order valence-electron chi connectivity index (χ4n) is 5.87. The van der Waals surface area contributed by atoms with E-state index in [1.165, 1.54) is 4.90 Å². The maximum absolute atomic E-state index is 13.1. The van der Waals surface area contributed by atoms with Crippen molar-refractivity contribution in [3.63, 3.8) is 0 Å². The van der Waals surface area contributed by atoms with Crippen LogP contribution in [0.15, 0.2) is 36.7 Å². The van der Waals surface area contributed by atoms with E-state index in [-0.39, 0.29) is 5.91 Å². The van der Waals surface area contributed by atoms with Gasteiger partial charge in [0.25, 0.3) is 5.91 Å². The molecule has 2 aliphatic rings. The number of halogens is 1. The van der Waals surface area contributed by atoms with Crippen molar-refractivity contribution in [1.29, 1.82) is 0 Å². The van der Waals surface area contributed by atoms with E-state index >= 15 is 0 Å². The zero-order valence-electron chi connectivity index (χ0n) is 23.7. The number of nitrogens with one attached hydrogen (secondary N) is 3. The van der Waals surface area contributed by atoms with Gasteiger partial charge in [-0.05, 0) is 42.9 Å². The van der Waals surface area contributed by atoms with E-state index in [1.54, 1.807) is 31.6 Å². The molecule has 41 heavy (non-hydrogen) atoms. The fraction of sp³-hybridized carbons (Fsp3) is 0.387. The number of anilines is 2. The number of likely N-dealkylation sites (tertiary alicyclic amines) is 1. The third-order valence-corrected chi connectivity index (χ3v) is 8.29. The number of carboxylic acid groups (broad SMARTS) is 1. The van der Waals surface area contributed by atoms with Crippen molar-refractivity contribution in [3.8, 4) is 28.8 Å². The number of fused-ring (bicyclic) bond motifs is 1. The van der Waals surface area contributed by atoms with Crippen LogP contribution in [0.5, 0.6) is 5.75 Å². The Bertz CT molecular complexity index is 1560. The highest BCUT2D eigenvalue weighted by Gasteiger charge is 2.49. The van der Waals surface area contributed by atoms with Gasteiger partial charge in [0, 0.05) is 43.2 Å². The van der Waals surface area contributed by atoms with Gasteiger partial charge in [0.1, 0.15) is 5.54 Å². The molecule has 9 nitrogen and oxygen atoms in total. The van der Waals surface area contributed by atoms with Crippen LogP contribution in [0.3, 0.4) is 0 Å². The molecule has 214 valence electrons. The van der Waals surface area contributed by atoms with Gasteiger partial charge in [-0.25, -0.2) is 4.79 Å². The number of methoxy groups -OCH3 is 1. The van der Waals surface area contributed by atoms with Crippen molar-refractivity contribution in [2.75, 3.05) is 25.5 Å². The summed E-state index contributed by atoms with van der Waals surface area (Å²) in [5, 5.41) is 16.9. The topological polar surface area (TPSA) is 120 Å². The molecule has 0 spiro atoms. The monoisotopic (exact) mass is 575 g/mol. The number of piperidine rings is 1. The predicted molar refractivity (Wildman–Crippen MR) is 159 cm³/mol. The van der Waals surface area contributed by atoms with Gasteiger partial charge in [-0.1, -0.05) is 50.3 Å². The number of carbonyl (C=O) groups excluding carboxylic acids is 1. The van der Waals surface area contributed by atoms with Gasteiger partial charge in [-0.2, -0.15) is 0 Å². The zero-order chi connectivity index (χ0) is 29.4. The summed E-state index contributed by atoms with van der Waals surface area (Å²) in [6.45, 7) is 7.06. The smallest absolute Gasteiger partial charge is 0.408 e. The molecule has 4 heterocycles. The molecule has 1 unspecified atom stereocenters. The Labute approximate surface area is 244 Å². The maximum Gasteiger partial charge on any atom is 0.408 e. The minimum atomic E-state index is -0.967. The number of nitrogens with zero attached hydrogens (tertiary/aromatic N) is 2. The molecule has 3 aromatic rings. The average molecular weight is 576 g/mol. The highest BCUT2D eigenvalue weighted by molar-refractivity contribution is 6.32. The molecule has 1 fully saturated rings. The van der Waals surface area contributed by atoms with Crippen LogP contribution in [-0.2, 0) is 6.42 Å². The van der Waals surface area contributed by atoms with E-state index < -0.39 is 17.0 Å². The summed E-state index contributed by atoms with van der Waals surface area (Å²) >= 11 is 6.40. The van der Waals surface area contributed by atoms with Crippen molar-refractivity contribution in [3.05, 3.63) is 58.5 Å². The van der Waals surface area contributed by atoms with Crippen LogP contribution in [0, 0.1) is 17.3 Å². The molecular weight excluding hydrogens is 542 g/mol. The highest BCUT2D eigenvalue weighted by Crippen LogP contribution is 2.44. The second-order valence-electron chi connectivity index (χ2n) is 11.4. The first-order valence-corrected chi connectivity index (χ1v) is 14.1. The second kappa shape index (κ2) is 11.0. The summed E-state index contributed by atoms with van der Waals surface area (Å²) in [5.41, 5.74) is 3.22. The molecule has 0 radical (unpaired) electrons. The van der Waals surface area contributed by atoms with Crippen molar-refractivity contribution in [2.24, 2.45) is 5.41 Å². The molecule has 0 aliphatic carbocycles. The lowest BCUT2D eigenvalue weighted by molar-refractivity contribution is 0.0157. The minimum Gasteiger partial charge on any atom is -0.493 e. The Balaban J connectivity index is 1.68. The largest absolute Gasteiger partial charge is 0.493 e. The van der Waals surface area contributed by atoms with Crippen molar-refractivity contribution in [1.82, 2.24) is 20.2 Å². The average Bonchev–Trinajstić information content (AvgIpc) is 3.31. The molecule has 5 rings (SSSR count). The number of hydrogen-bond acceptors (Lipinski definition) is 5. The first-order valence-electron chi connectivity index (χ1n) is 13.7. The lowest BCUT2D eigenvalue weighted by Crippen LogP contribution is -2.60. The van der Waals surface area contributed by atoms with E-state index in [9.17, 15) is 14.7 Å². The number of pyridine rings is 1. The highest BCUT2D eigenvalue weighted by atomic mass is 35.5. The Morgan fingerprint density at radius 1 is 1.27 bits per heavy atom. The van der Waals surface area contributed by atoms with Gasteiger partial charge in [-0.15, -0.1) is 0 Å².